The molecule has 2 aromatic rings. The lowest BCUT2D eigenvalue weighted by molar-refractivity contribution is 0.391. The molecule has 3 rings (SSSR count). The summed E-state index contributed by atoms with van der Waals surface area (Å²) in [6.07, 6.45) is 3.52. The molecule has 0 saturated heterocycles. The molecule has 1 fully saturated rings. The standard InChI is InChI=1S/C14H13BrN4/c15-12-6-4-10(5-7-12)9-19-14(11-2-1-3-11)13(8-16)17-18-19/h4-7,11H,1-3,9H2. The van der Waals surface area contributed by atoms with Crippen molar-refractivity contribution < 1.29 is 0 Å². The van der Waals surface area contributed by atoms with Crippen LogP contribution in [0.5, 0.6) is 0 Å². The van der Waals surface area contributed by atoms with Crippen molar-refractivity contribution in [1.29, 1.82) is 5.26 Å². The van der Waals surface area contributed by atoms with Gasteiger partial charge in [0.15, 0.2) is 5.69 Å². The van der Waals surface area contributed by atoms with Crippen LogP contribution in [0.2, 0.25) is 0 Å². The molecule has 19 heavy (non-hydrogen) atoms. The third-order valence-corrected chi connectivity index (χ3v) is 4.15. The highest BCUT2D eigenvalue weighted by Gasteiger charge is 2.27. The molecule has 0 atom stereocenters. The van der Waals surface area contributed by atoms with E-state index in [1.807, 2.05) is 16.8 Å². The lowest BCUT2D eigenvalue weighted by Gasteiger charge is -2.25. The van der Waals surface area contributed by atoms with E-state index >= 15 is 0 Å². The third-order valence-electron chi connectivity index (χ3n) is 3.62. The van der Waals surface area contributed by atoms with Gasteiger partial charge in [-0.3, -0.25) is 0 Å². The van der Waals surface area contributed by atoms with Crippen LogP contribution in [0.3, 0.4) is 0 Å². The second-order valence-electron chi connectivity index (χ2n) is 4.85. The zero-order valence-corrected chi connectivity index (χ0v) is 12.0. The molecule has 1 saturated carbocycles. The first-order valence-corrected chi connectivity index (χ1v) is 7.15. The van der Waals surface area contributed by atoms with Crippen molar-refractivity contribution in [1.82, 2.24) is 15.0 Å². The van der Waals surface area contributed by atoms with Crippen molar-refractivity contribution >= 4 is 15.9 Å². The summed E-state index contributed by atoms with van der Waals surface area (Å²) in [4.78, 5) is 0. The topological polar surface area (TPSA) is 54.5 Å². The molecule has 1 aromatic carbocycles. The molecule has 0 spiro atoms. The van der Waals surface area contributed by atoms with E-state index in [1.54, 1.807) is 0 Å². The predicted octanol–water partition coefficient (Wildman–Crippen LogP) is 3.23. The van der Waals surface area contributed by atoms with Crippen LogP contribution in [0.1, 0.15) is 42.1 Å². The molecule has 1 aliphatic carbocycles. The summed E-state index contributed by atoms with van der Waals surface area (Å²) in [6, 6.07) is 10.3. The average Bonchev–Trinajstić information content (AvgIpc) is 2.73. The fraction of sp³-hybridized carbons (Fsp3) is 0.357. The van der Waals surface area contributed by atoms with E-state index in [0.29, 0.717) is 18.2 Å². The van der Waals surface area contributed by atoms with Crippen molar-refractivity contribution in [2.24, 2.45) is 0 Å². The number of benzene rings is 1. The number of nitrogens with zero attached hydrogens (tertiary/aromatic N) is 4. The minimum Gasteiger partial charge on any atom is -0.243 e. The normalized spacial score (nSPS) is 14.9. The van der Waals surface area contributed by atoms with Gasteiger partial charge in [-0.05, 0) is 30.5 Å². The molecule has 0 amide bonds. The van der Waals surface area contributed by atoms with Crippen LogP contribution in [0.25, 0.3) is 0 Å². The monoisotopic (exact) mass is 316 g/mol. The highest BCUT2D eigenvalue weighted by atomic mass is 79.9. The van der Waals surface area contributed by atoms with Gasteiger partial charge < -0.3 is 0 Å². The molecule has 0 bridgehead atoms. The summed E-state index contributed by atoms with van der Waals surface area (Å²) in [5.74, 6) is 0.458. The maximum absolute atomic E-state index is 9.13. The summed E-state index contributed by atoms with van der Waals surface area (Å²) >= 11 is 3.43. The first-order chi connectivity index (χ1) is 9.28. The zero-order valence-electron chi connectivity index (χ0n) is 10.4. The Morgan fingerprint density at radius 2 is 2.05 bits per heavy atom. The Bertz CT molecular complexity index is 620. The molecule has 96 valence electrons. The molecule has 5 heteroatoms. The van der Waals surface area contributed by atoms with Crippen molar-refractivity contribution in [3.05, 3.63) is 45.7 Å². The smallest absolute Gasteiger partial charge is 0.186 e. The Hall–Kier alpha value is -1.67. The SMILES string of the molecule is N#Cc1nnn(Cc2ccc(Br)cc2)c1C1CCC1. The van der Waals surface area contributed by atoms with E-state index < -0.39 is 0 Å². The lowest BCUT2D eigenvalue weighted by Crippen LogP contribution is -2.16. The van der Waals surface area contributed by atoms with E-state index in [-0.39, 0.29) is 0 Å². The van der Waals surface area contributed by atoms with Gasteiger partial charge in [0, 0.05) is 10.4 Å². The van der Waals surface area contributed by atoms with E-state index in [1.165, 1.54) is 6.42 Å². The first-order valence-electron chi connectivity index (χ1n) is 6.36. The fourth-order valence-electron chi connectivity index (χ4n) is 2.37. The van der Waals surface area contributed by atoms with Crippen LogP contribution in [-0.4, -0.2) is 15.0 Å². The Morgan fingerprint density at radius 3 is 2.63 bits per heavy atom. The molecule has 1 heterocycles. The van der Waals surface area contributed by atoms with Gasteiger partial charge in [-0.1, -0.05) is 39.7 Å². The number of halogens is 1. The molecular formula is C14H13BrN4. The number of rotatable bonds is 3. The Labute approximate surface area is 120 Å². The van der Waals surface area contributed by atoms with Crippen LogP contribution in [-0.2, 0) is 6.54 Å². The molecule has 0 aliphatic heterocycles. The van der Waals surface area contributed by atoms with Crippen LogP contribution in [0.15, 0.2) is 28.7 Å². The molecule has 0 unspecified atom stereocenters. The average molecular weight is 317 g/mol. The number of hydrogen-bond donors (Lipinski definition) is 0. The van der Waals surface area contributed by atoms with Gasteiger partial charge in [0.1, 0.15) is 6.07 Å². The minimum absolute atomic E-state index is 0.458. The van der Waals surface area contributed by atoms with Gasteiger partial charge in [-0.25, -0.2) is 4.68 Å². The minimum atomic E-state index is 0.458. The van der Waals surface area contributed by atoms with E-state index in [0.717, 1.165) is 28.6 Å². The van der Waals surface area contributed by atoms with Crippen molar-refractivity contribution in [3.8, 4) is 6.07 Å². The van der Waals surface area contributed by atoms with Crippen LogP contribution >= 0.6 is 15.9 Å². The van der Waals surface area contributed by atoms with Crippen LogP contribution in [0.4, 0.5) is 0 Å². The second-order valence-corrected chi connectivity index (χ2v) is 5.76. The summed E-state index contributed by atoms with van der Waals surface area (Å²) in [7, 11) is 0. The molecule has 0 radical (unpaired) electrons. The maximum Gasteiger partial charge on any atom is 0.186 e. The quantitative estimate of drug-likeness (QED) is 0.873. The van der Waals surface area contributed by atoms with Crippen LogP contribution in [0, 0.1) is 11.3 Å². The first kappa shape index (κ1) is 12.4. The molecular weight excluding hydrogens is 304 g/mol. The van der Waals surface area contributed by atoms with E-state index in [9.17, 15) is 0 Å². The molecule has 1 aromatic heterocycles. The lowest BCUT2D eigenvalue weighted by atomic mass is 9.82. The Morgan fingerprint density at radius 1 is 1.32 bits per heavy atom. The highest BCUT2D eigenvalue weighted by Crippen LogP contribution is 2.37. The van der Waals surface area contributed by atoms with E-state index in [4.69, 9.17) is 5.26 Å². The Kier molecular flexibility index (Phi) is 3.34. The van der Waals surface area contributed by atoms with Crippen molar-refractivity contribution in [3.63, 3.8) is 0 Å². The maximum atomic E-state index is 9.13. The summed E-state index contributed by atoms with van der Waals surface area (Å²) in [6.45, 7) is 0.674. The van der Waals surface area contributed by atoms with Gasteiger partial charge >= 0.3 is 0 Å². The van der Waals surface area contributed by atoms with Gasteiger partial charge in [0.25, 0.3) is 0 Å². The van der Waals surface area contributed by atoms with Gasteiger partial charge in [-0.2, -0.15) is 5.26 Å². The molecule has 0 N–H and O–H groups in total. The van der Waals surface area contributed by atoms with Gasteiger partial charge in [0.2, 0.25) is 0 Å². The second kappa shape index (κ2) is 5.14. The number of hydrogen-bond acceptors (Lipinski definition) is 3. The highest BCUT2D eigenvalue weighted by molar-refractivity contribution is 9.10. The summed E-state index contributed by atoms with van der Waals surface area (Å²) < 4.78 is 2.94. The van der Waals surface area contributed by atoms with Crippen LogP contribution < -0.4 is 0 Å². The summed E-state index contributed by atoms with van der Waals surface area (Å²) in [5, 5.41) is 17.3. The molecule has 1 aliphatic rings. The van der Waals surface area contributed by atoms with Gasteiger partial charge in [-0.15, -0.1) is 5.10 Å². The number of aromatic nitrogens is 3. The van der Waals surface area contributed by atoms with Gasteiger partial charge in [0.05, 0.1) is 12.2 Å². The Balaban J connectivity index is 1.90. The predicted molar refractivity (Wildman–Crippen MR) is 74.6 cm³/mol. The van der Waals surface area contributed by atoms with Crippen molar-refractivity contribution in [2.45, 2.75) is 31.7 Å². The largest absolute Gasteiger partial charge is 0.243 e. The fourth-order valence-corrected chi connectivity index (χ4v) is 2.63. The number of nitriles is 1. The molecule has 4 nitrogen and oxygen atoms in total. The van der Waals surface area contributed by atoms with Crippen molar-refractivity contribution in [2.75, 3.05) is 0 Å². The zero-order chi connectivity index (χ0) is 13.2. The third kappa shape index (κ3) is 2.41. The summed E-state index contributed by atoms with van der Waals surface area (Å²) in [5.41, 5.74) is 2.66. The van der Waals surface area contributed by atoms with E-state index in [2.05, 4.69) is 44.4 Å².